The molecule has 0 unspecified atom stereocenters. The summed E-state index contributed by atoms with van der Waals surface area (Å²) in [6.07, 6.45) is 4.23. The van der Waals surface area contributed by atoms with E-state index in [1.807, 2.05) is 13.0 Å². The van der Waals surface area contributed by atoms with Gasteiger partial charge in [-0.25, -0.2) is 0 Å². The van der Waals surface area contributed by atoms with Gasteiger partial charge in [-0.3, -0.25) is 4.79 Å². The zero-order chi connectivity index (χ0) is 14.8. The van der Waals surface area contributed by atoms with Gasteiger partial charge in [-0.05, 0) is 56.2 Å². The highest BCUT2D eigenvalue weighted by molar-refractivity contribution is 9.09. The zero-order valence-corrected chi connectivity index (χ0v) is 13.7. The first-order valence-corrected chi connectivity index (χ1v) is 8.26. The number of benzene rings is 1. The summed E-state index contributed by atoms with van der Waals surface area (Å²) in [7, 11) is 0. The highest BCUT2D eigenvalue weighted by Gasteiger charge is 2.35. The first-order chi connectivity index (χ1) is 9.46. The van der Waals surface area contributed by atoms with E-state index in [-0.39, 0.29) is 17.2 Å². The molecule has 0 heterocycles. The molecule has 2 rings (SSSR count). The Morgan fingerprint density at radius 2 is 2.10 bits per heavy atom. The fourth-order valence-corrected chi connectivity index (χ4v) is 3.45. The molecule has 1 aromatic rings. The topological polar surface area (TPSA) is 49.3 Å². The van der Waals surface area contributed by atoms with E-state index in [9.17, 15) is 9.90 Å². The fourth-order valence-electron chi connectivity index (χ4n) is 2.75. The van der Waals surface area contributed by atoms with Crippen LogP contribution in [0, 0.1) is 12.8 Å². The predicted molar refractivity (Wildman–Crippen MR) is 84.5 cm³/mol. The van der Waals surface area contributed by atoms with E-state index in [1.165, 1.54) is 0 Å². The number of phenols is 1. The summed E-state index contributed by atoms with van der Waals surface area (Å²) in [6.45, 7) is 4.15. The average Bonchev–Trinajstić information content (AvgIpc) is 2.41. The van der Waals surface area contributed by atoms with Crippen LogP contribution in [0.2, 0.25) is 0 Å². The molecular formula is C16H22BrNO2. The molecular weight excluding hydrogens is 318 g/mol. The van der Waals surface area contributed by atoms with Crippen LogP contribution in [0.15, 0.2) is 18.2 Å². The molecule has 0 saturated heterocycles. The molecule has 1 aromatic carbocycles. The smallest absolute Gasteiger partial charge is 0.255 e. The summed E-state index contributed by atoms with van der Waals surface area (Å²) < 4.78 is 0. The molecule has 20 heavy (non-hydrogen) atoms. The largest absolute Gasteiger partial charge is 0.507 e. The van der Waals surface area contributed by atoms with Crippen molar-refractivity contribution in [1.82, 2.24) is 5.32 Å². The second-order valence-corrected chi connectivity index (χ2v) is 6.63. The number of halogens is 1. The number of carbonyl (C=O) groups is 1. The third-order valence-electron chi connectivity index (χ3n) is 4.26. The van der Waals surface area contributed by atoms with Gasteiger partial charge in [-0.2, -0.15) is 0 Å². The van der Waals surface area contributed by atoms with Gasteiger partial charge in [-0.15, -0.1) is 0 Å². The van der Waals surface area contributed by atoms with E-state index >= 15 is 0 Å². The normalized spacial score (nSPS) is 26.2. The van der Waals surface area contributed by atoms with Crippen LogP contribution < -0.4 is 5.32 Å². The number of nitrogens with one attached hydrogen (secondary N) is 1. The standard InChI is InChI=1S/C16H22BrNO2/c1-11-5-7-16(10-17,8-6-11)18-15(20)13-4-3-12(2)9-14(13)19/h3-4,9,11,19H,5-8,10H2,1-2H3,(H,18,20). The highest BCUT2D eigenvalue weighted by atomic mass is 79.9. The Labute approximate surface area is 128 Å². The van der Waals surface area contributed by atoms with E-state index in [2.05, 4.69) is 28.2 Å². The van der Waals surface area contributed by atoms with Crippen LogP contribution in [0.1, 0.15) is 48.5 Å². The third kappa shape index (κ3) is 3.35. The van der Waals surface area contributed by atoms with E-state index in [0.717, 1.165) is 42.5 Å². The lowest BCUT2D eigenvalue weighted by atomic mass is 9.78. The van der Waals surface area contributed by atoms with Gasteiger partial charge in [-0.1, -0.05) is 28.9 Å². The molecule has 1 saturated carbocycles. The van der Waals surface area contributed by atoms with E-state index < -0.39 is 0 Å². The average molecular weight is 340 g/mol. The molecule has 4 heteroatoms. The number of amides is 1. The molecule has 0 spiro atoms. The lowest BCUT2D eigenvalue weighted by Gasteiger charge is -2.39. The van der Waals surface area contributed by atoms with Crippen LogP contribution in [0.5, 0.6) is 5.75 Å². The van der Waals surface area contributed by atoms with E-state index in [1.54, 1.807) is 12.1 Å². The number of phenolic OH excluding ortho intramolecular Hbond substituents is 1. The highest BCUT2D eigenvalue weighted by Crippen LogP contribution is 2.33. The van der Waals surface area contributed by atoms with Crippen molar-refractivity contribution in [2.75, 3.05) is 5.33 Å². The summed E-state index contributed by atoms with van der Waals surface area (Å²) in [4.78, 5) is 12.4. The Kier molecular flexibility index (Phi) is 4.74. The van der Waals surface area contributed by atoms with Crippen LogP contribution in [-0.2, 0) is 0 Å². The number of aryl methyl sites for hydroxylation is 1. The Bertz CT molecular complexity index is 493. The molecule has 1 aliphatic carbocycles. The molecule has 0 atom stereocenters. The molecule has 1 aliphatic rings. The van der Waals surface area contributed by atoms with Gasteiger partial charge in [0.1, 0.15) is 5.75 Å². The molecule has 0 radical (unpaired) electrons. The minimum atomic E-state index is -0.184. The minimum Gasteiger partial charge on any atom is -0.507 e. The summed E-state index contributed by atoms with van der Waals surface area (Å²) >= 11 is 3.54. The first-order valence-electron chi connectivity index (χ1n) is 7.14. The Hall–Kier alpha value is -1.03. The Morgan fingerprint density at radius 3 is 2.65 bits per heavy atom. The predicted octanol–water partition coefficient (Wildman–Crippen LogP) is 3.77. The fraction of sp³-hybridized carbons (Fsp3) is 0.562. The lowest BCUT2D eigenvalue weighted by molar-refractivity contribution is 0.0871. The van der Waals surface area contributed by atoms with Crippen molar-refractivity contribution in [2.45, 2.75) is 45.1 Å². The second kappa shape index (κ2) is 6.17. The van der Waals surface area contributed by atoms with Crippen molar-refractivity contribution >= 4 is 21.8 Å². The van der Waals surface area contributed by atoms with E-state index in [0.29, 0.717) is 5.56 Å². The van der Waals surface area contributed by atoms with Gasteiger partial charge in [0.25, 0.3) is 5.91 Å². The lowest BCUT2D eigenvalue weighted by Crippen LogP contribution is -2.52. The van der Waals surface area contributed by atoms with Gasteiger partial charge < -0.3 is 10.4 Å². The number of carbonyl (C=O) groups excluding carboxylic acids is 1. The number of aromatic hydroxyl groups is 1. The van der Waals surface area contributed by atoms with Crippen LogP contribution in [0.3, 0.4) is 0 Å². The van der Waals surface area contributed by atoms with Crippen LogP contribution in [0.4, 0.5) is 0 Å². The summed E-state index contributed by atoms with van der Waals surface area (Å²) in [5.41, 5.74) is 1.12. The van der Waals surface area contributed by atoms with Gasteiger partial charge in [0.2, 0.25) is 0 Å². The monoisotopic (exact) mass is 339 g/mol. The molecule has 0 bridgehead atoms. The molecule has 2 N–H and O–H groups in total. The maximum Gasteiger partial charge on any atom is 0.255 e. The zero-order valence-electron chi connectivity index (χ0n) is 12.1. The van der Waals surface area contributed by atoms with Crippen LogP contribution in [0.25, 0.3) is 0 Å². The van der Waals surface area contributed by atoms with Crippen molar-refractivity contribution in [3.63, 3.8) is 0 Å². The van der Waals surface area contributed by atoms with E-state index in [4.69, 9.17) is 0 Å². The number of alkyl halides is 1. The second-order valence-electron chi connectivity index (χ2n) is 6.07. The number of hydrogen-bond donors (Lipinski definition) is 2. The number of hydrogen-bond acceptors (Lipinski definition) is 2. The molecule has 0 aromatic heterocycles. The molecule has 0 aliphatic heterocycles. The van der Waals surface area contributed by atoms with Crippen LogP contribution >= 0.6 is 15.9 Å². The first kappa shape index (κ1) is 15.4. The third-order valence-corrected chi connectivity index (χ3v) is 5.34. The SMILES string of the molecule is Cc1ccc(C(=O)NC2(CBr)CCC(C)CC2)c(O)c1. The van der Waals surface area contributed by atoms with Crippen molar-refractivity contribution in [1.29, 1.82) is 0 Å². The van der Waals surface area contributed by atoms with Gasteiger partial charge >= 0.3 is 0 Å². The van der Waals surface area contributed by atoms with Gasteiger partial charge in [0.05, 0.1) is 11.1 Å². The molecule has 1 amide bonds. The maximum atomic E-state index is 12.4. The van der Waals surface area contributed by atoms with Crippen LogP contribution in [-0.4, -0.2) is 21.9 Å². The van der Waals surface area contributed by atoms with Crippen molar-refractivity contribution in [3.05, 3.63) is 29.3 Å². The number of rotatable bonds is 3. The van der Waals surface area contributed by atoms with Crippen molar-refractivity contribution in [2.24, 2.45) is 5.92 Å². The maximum absolute atomic E-state index is 12.4. The summed E-state index contributed by atoms with van der Waals surface area (Å²) in [6, 6.07) is 5.16. The summed E-state index contributed by atoms with van der Waals surface area (Å²) in [5.74, 6) is 0.597. The molecule has 110 valence electrons. The van der Waals surface area contributed by atoms with Crippen molar-refractivity contribution < 1.29 is 9.90 Å². The Morgan fingerprint density at radius 1 is 1.45 bits per heavy atom. The summed E-state index contributed by atoms with van der Waals surface area (Å²) in [5, 5.41) is 13.8. The van der Waals surface area contributed by atoms with Gasteiger partial charge in [0, 0.05) is 5.33 Å². The van der Waals surface area contributed by atoms with Crippen molar-refractivity contribution in [3.8, 4) is 5.75 Å². The minimum absolute atomic E-state index is 0.0522. The quantitative estimate of drug-likeness (QED) is 0.823. The molecule has 3 nitrogen and oxygen atoms in total. The molecule has 1 fully saturated rings. The Balaban J connectivity index is 2.13. The van der Waals surface area contributed by atoms with Gasteiger partial charge in [0.15, 0.2) is 0 Å².